The first-order valence-electron chi connectivity index (χ1n) is 8.60. The Labute approximate surface area is 178 Å². The summed E-state index contributed by atoms with van der Waals surface area (Å²) in [5.41, 5.74) is 7.29. The van der Waals surface area contributed by atoms with E-state index in [0.29, 0.717) is 16.9 Å². The fourth-order valence-corrected chi connectivity index (χ4v) is 3.01. The molecule has 0 amide bonds. The Morgan fingerprint density at radius 1 is 1.27 bits per heavy atom. The zero-order valence-electron chi connectivity index (χ0n) is 15.4. The van der Waals surface area contributed by atoms with E-state index in [1.54, 1.807) is 24.3 Å². The lowest BCUT2D eigenvalue weighted by atomic mass is 10.1. The van der Waals surface area contributed by atoms with Crippen LogP contribution in [0.3, 0.4) is 0 Å². The minimum absolute atomic E-state index is 0.0476. The van der Waals surface area contributed by atoms with Crippen LogP contribution in [0.1, 0.15) is 5.56 Å². The molecule has 0 spiro atoms. The quantitative estimate of drug-likeness (QED) is 0.389. The number of carboxylic acid groups (broad SMARTS) is 1. The lowest BCUT2D eigenvalue weighted by Crippen LogP contribution is -2.12. The van der Waals surface area contributed by atoms with Gasteiger partial charge in [-0.1, -0.05) is 22.0 Å². The van der Waals surface area contributed by atoms with Crippen molar-refractivity contribution in [3.63, 3.8) is 0 Å². The lowest BCUT2D eigenvalue weighted by molar-refractivity contribution is -0.138. The van der Waals surface area contributed by atoms with E-state index in [0.717, 1.165) is 9.15 Å². The van der Waals surface area contributed by atoms with Crippen LogP contribution in [0.25, 0.3) is 0 Å². The number of halogens is 3. The zero-order valence-corrected chi connectivity index (χ0v) is 17.0. The van der Waals surface area contributed by atoms with E-state index in [1.165, 1.54) is 24.4 Å². The van der Waals surface area contributed by atoms with Crippen molar-refractivity contribution in [3.05, 3.63) is 58.7 Å². The summed E-state index contributed by atoms with van der Waals surface area (Å²) < 4.78 is 38.1. The average Bonchev–Trinajstić information content (AvgIpc) is 3.09. The van der Waals surface area contributed by atoms with Gasteiger partial charge in [0.25, 0.3) is 0 Å². The Balaban J connectivity index is 1.92. The largest absolute Gasteiger partial charge is 0.480 e. The fraction of sp³-hybridized carbons (Fsp3) is 0.158. The van der Waals surface area contributed by atoms with Gasteiger partial charge in [-0.2, -0.15) is 13.9 Å². The predicted molar refractivity (Wildman–Crippen MR) is 109 cm³/mol. The monoisotopic (exact) mass is 482 g/mol. The lowest BCUT2D eigenvalue weighted by Gasteiger charge is -2.17. The van der Waals surface area contributed by atoms with Gasteiger partial charge in [-0.25, -0.2) is 4.68 Å². The van der Waals surface area contributed by atoms with Crippen LogP contribution in [0, 0.1) is 0 Å². The molecule has 1 heterocycles. The molecule has 1 aromatic heterocycles. The molecule has 2 aromatic carbocycles. The molecule has 0 unspecified atom stereocenters. The molecular formula is C19H17BrF2N4O4. The van der Waals surface area contributed by atoms with Gasteiger partial charge in [0, 0.05) is 17.1 Å². The summed E-state index contributed by atoms with van der Waals surface area (Å²) in [7, 11) is 0. The molecule has 0 aliphatic rings. The van der Waals surface area contributed by atoms with Crippen molar-refractivity contribution in [1.29, 1.82) is 0 Å². The molecule has 158 valence electrons. The van der Waals surface area contributed by atoms with Crippen LogP contribution in [0.4, 0.5) is 20.2 Å². The molecule has 0 radical (unpaired) electrons. The number of nitrogen functional groups attached to an aromatic ring is 1. The maximum Gasteiger partial charge on any atom is 0.387 e. The molecule has 0 bridgehead atoms. The molecular weight excluding hydrogens is 466 g/mol. The van der Waals surface area contributed by atoms with Gasteiger partial charge in [0.05, 0.1) is 23.1 Å². The number of carboxylic acids is 1. The number of rotatable bonds is 9. The Hall–Kier alpha value is -3.34. The molecule has 0 saturated heterocycles. The number of benzene rings is 2. The molecule has 0 atom stereocenters. The third-order valence-electron chi connectivity index (χ3n) is 3.95. The number of alkyl halides is 2. The van der Waals surface area contributed by atoms with E-state index in [2.05, 4.69) is 31.1 Å². The number of hydrogen-bond acceptors (Lipinski definition) is 6. The summed E-state index contributed by atoms with van der Waals surface area (Å²) in [6, 6.07) is 11.1. The van der Waals surface area contributed by atoms with Crippen LogP contribution in [-0.4, -0.2) is 27.5 Å². The molecule has 3 rings (SSSR count). The Morgan fingerprint density at radius 2 is 2.03 bits per heavy atom. The smallest absolute Gasteiger partial charge is 0.387 e. The first-order chi connectivity index (χ1) is 14.3. The molecule has 3 aromatic rings. The van der Waals surface area contributed by atoms with Crippen LogP contribution in [0.2, 0.25) is 0 Å². The van der Waals surface area contributed by atoms with Crippen molar-refractivity contribution in [2.45, 2.75) is 19.7 Å². The maximum atomic E-state index is 12.9. The van der Waals surface area contributed by atoms with Crippen LogP contribution in [0.15, 0.2) is 53.1 Å². The molecule has 0 aliphatic carbocycles. The van der Waals surface area contributed by atoms with Crippen molar-refractivity contribution >= 4 is 33.3 Å². The Morgan fingerprint density at radius 3 is 2.77 bits per heavy atom. The van der Waals surface area contributed by atoms with E-state index in [1.807, 2.05) is 0 Å². The van der Waals surface area contributed by atoms with Crippen LogP contribution < -0.4 is 20.5 Å². The van der Waals surface area contributed by atoms with Crippen LogP contribution in [0.5, 0.6) is 17.4 Å². The minimum atomic E-state index is -3.03. The molecule has 30 heavy (non-hydrogen) atoms. The highest BCUT2D eigenvalue weighted by molar-refractivity contribution is 9.10. The van der Waals surface area contributed by atoms with Crippen molar-refractivity contribution in [3.8, 4) is 17.4 Å². The summed E-state index contributed by atoms with van der Waals surface area (Å²) in [5, 5.41) is 16.0. The number of nitrogens with two attached hydrogens (primary N) is 1. The fourth-order valence-electron chi connectivity index (χ4n) is 2.65. The average molecular weight is 483 g/mol. The number of anilines is 2. The van der Waals surface area contributed by atoms with Crippen LogP contribution in [-0.2, 0) is 17.9 Å². The van der Waals surface area contributed by atoms with Gasteiger partial charge >= 0.3 is 12.6 Å². The van der Waals surface area contributed by atoms with E-state index < -0.39 is 19.1 Å². The highest BCUT2D eigenvalue weighted by Crippen LogP contribution is 2.34. The summed E-state index contributed by atoms with van der Waals surface area (Å²) in [6.07, 6.45) is 1.37. The summed E-state index contributed by atoms with van der Waals surface area (Å²) >= 11 is 3.35. The number of nitrogens with one attached hydrogen (secondary N) is 1. The summed E-state index contributed by atoms with van der Waals surface area (Å²) in [4.78, 5) is 11.0. The highest BCUT2D eigenvalue weighted by Gasteiger charge is 2.17. The first kappa shape index (κ1) is 21.4. The first-order valence-corrected chi connectivity index (χ1v) is 9.40. The molecule has 0 aliphatic heterocycles. The second-order valence-corrected chi connectivity index (χ2v) is 6.94. The second-order valence-electron chi connectivity index (χ2n) is 6.02. The van der Waals surface area contributed by atoms with Crippen molar-refractivity contribution in [2.75, 3.05) is 11.1 Å². The molecule has 11 heteroatoms. The van der Waals surface area contributed by atoms with E-state index >= 15 is 0 Å². The SMILES string of the molecule is Nc1ccc(Br)cc1NCc1c(Oc2ccnn2CC(=O)O)cccc1OC(F)F. The standard InChI is InChI=1S/C19H17BrF2N4O4/c20-11-4-5-13(23)14(8-11)24-9-12-15(2-1-3-16(12)30-19(21)22)29-17-6-7-25-26(17)10-18(27)28/h1-8,19,24H,9-10,23H2,(H,27,28). The van der Waals surface area contributed by atoms with Gasteiger partial charge in [0.15, 0.2) is 0 Å². The van der Waals surface area contributed by atoms with Gasteiger partial charge in [-0.15, -0.1) is 0 Å². The van der Waals surface area contributed by atoms with E-state index in [-0.39, 0.29) is 23.9 Å². The number of aliphatic carboxylic acids is 1. The third-order valence-corrected chi connectivity index (χ3v) is 4.45. The summed E-state index contributed by atoms with van der Waals surface area (Å²) in [5.74, 6) is -0.866. The van der Waals surface area contributed by atoms with Crippen LogP contribution >= 0.6 is 15.9 Å². The van der Waals surface area contributed by atoms with E-state index in [9.17, 15) is 13.6 Å². The normalized spacial score (nSPS) is 10.8. The Bertz CT molecular complexity index is 1050. The molecule has 0 fully saturated rings. The van der Waals surface area contributed by atoms with Crippen molar-refractivity contribution < 1.29 is 28.2 Å². The zero-order chi connectivity index (χ0) is 21.7. The predicted octanol–water partition coefficient (Wildman–Crippen LogP) is 4.32. The molecule has 0 saturated carbocycles. The maximum absolute atomic E-state index is 12.9. The molecule has 8 nitrogen and oxygen atoms in total. The number of ether oxygens (including phenoxy) is 2. The van der Waals surface area contributed by atoms with Gasteiger partial charge in [0.2, 0.25) is 5.88 Å². The van der Waals surface area contributed by atoms with Crippen molar-refractivity contribution in [1.82, 2.24) is 9.78 Å². The van der Waals surface area contributed by atoms with Gasteiger partial charge in [-0.3, -0.25) is 4.79 Å². The van der Waals surface area contributed by atoms with E-state index in [4.69, 9.17) is 15.6 Å². The number of aromatic nitrogens is 2. The number of nitrogens with zero attached hydrogens (tertiary/aromatic N) is 2. The topological polar surface area (TPSA) is 112 Å². The van der Waals surface area contributed by atoms with Crippen molar-refractivity contribution in [2.24, 2.45) is 0 Å². The minimum Gasteiger partial charge on any atom is -0.480 e. The van der Waals surface area contributed by atoms with Gasteiger partial charge < -0.3 is 25.6 Å². The number of hydrogen-bond donors (Lipinski definition) is 3. The second kappa shape index (κ2) is 9.44. The van der Waals surface area contributed by atoms with Gasteiger partial charge in [-0.05, 0) is 30.3 Å². The highest BCUT2D eigenvalue weighted by atomic mass is 79.9. The molecule has 4 N–H and O–H groups in total. The Kier molecular flexibility index (Phi) is 6.72. The number of carbonyl (C=O) groups is 1. The third kappa shape index (κ3) is 5.38. The summed E-state index contributed by atoms with van der Waals surface area (Å²) in [6.45, 7) is -3.41. The van der Waals surface area contributed by atoms with Gasteiger partial charge in [0.1, 0.15) is 18.0 Å².